The Morgan fingerprint density at radius 1 is 1.35 bits per heavy atom. The van der Waals surface area contributed by atoms with Crippen molar-refractivity contribution in [1.82, 2.24) is 19.9 Å². The second kappa shape index (κ2) is 6.20. The van der Waals surface area contributed by atoms with Gasteiger partial charge in [0.1, 0.15) is 6.04 Å². The van der Waals surface area contributed by atoms with Crippen LogP contribution in [0.5, 0.6) is 0 Å². The van der Waals surface area contributed by atoms with Crippen LogP contribution in [0.3, 0.4) is 0 Å². The van der Waals surface area contributed by atoms with Crippen LogP contribution in [0.1, 0.15) is 30.1 Å². The molecule has 1 aliphatic heterocycles. The zero-order valence-electron chi connectivity index (χ0n) is 12.8. The topological polar surface area (TPSA) is 88.3 Å². The van der Waals surface area contributed by atoms with E-state index in [1.54, 1.807) is 35.3 Å². The van der Waals surface area contributed by atoms with Gasteiger partial charge in [0.05, 0.1) is 18.1 Å². The fourth-order valence-electron chi connectivity index (χ4n) is 2.91. The van der Waals surface area contributed by atoms with E-state index >= 15 is 0 Å². The minimum absolute atomic E-state index is 0.258. The van der Waals surface area contributed by atoms with E-state index in [0.717, 1.165) is 6.42 Å². The molecule has 7 nitrogen and oxygen atoms in total. The highest BCUT2D eigenvalue weighted by Crippen LogP contribution is 2.25. The van der Waals surface area contributed by atoms with E-state index in [0.29, 0.717) is 30.1 Å². The lowest BCUT2D eigenvalue weighted by atomic mass is 9.92. The lowest BCUT2D eigenvalue weighted by molar-refractivity contribution is -0.144. The van der Waals surface area contributed by atoms with Gasteiger partial charge in [0.15, 0.2) is 0 Å². The predicted molar refractivity (Wildman–Crippen MR) is 82.2 cm³/mol. The Morgan fingerprint density at radius 3 is 2.87 bits per heavy atom. The molecule has 0 bridgehead atoms. The fraction of sp³-hybridized carbons (Fsp3) is 0.375. The summed E-state index contributed by atoms with van der Waals surface area (Å²) in [5, 5.41) is 17.1. The van der Waals surface area contributed by atoms with Crippen LogP contribution in [0, 0.1) is 5.92 Å². The molecule has 0 aliphatic carbocycles. The summed E-state index contributed by atoms with van der Waals surface area (Å²) in [6.07, 6.45) is 4.55. The van der Waals surface area contributed by atoms with Crippen molar-refractivity contribution in [2.75, 3.05) is 6.54 Å². The minimum atomic E-state index is -0.947. The summed E-state index contributed by atoms with van der Waals surface area (Å²) in [6, 6.07) is 6.21. The number of hydrogen-bond acceptors (Lipinski definition) is 4. The molecule has 0 spiro atoms. The van der Waals surface area contributed by atoms with E-state index in [9.17, 15) is 14.7 Å². The van der Waals surface area contributed by atoms with Crippen molar-refractivity contribution in [2.24, 2.45) is 5.92 Å². The van der Waals surface area contributed by atoms with Crippen molar-refractivity contribution < 1.29 is 14.7 Å². The largest absolute Gasteiger partial charge is 0.480 e. The molecule has 0 saturated carbocycles. The van der Waals surface area contributed by atoms with Crippen molar-refractivity contribution in [2.45, 2.75) is 25.8 Å². The van der Waals surface area contributed by atoms with Gasteiger partial charge in [-0.15, -0.1) is 5.10 Å². The number of benzene rings is 1. The number of aliphatic carboxylic acids is 1. The highest BCUT2D eigenvalue weighted by atomic mass is 16.4. The minimum Gasteiger partial charge on any atom is -0.480 e. The first-order valence-corrected chi connectivity index (χ1v) is 7.57. The molecule has 1 aromatic heterocycles. The van der Waals surface area contributed by atoms with Crippen LogP contribution in [0.2, 0.25) is 0 Å². The molecule has 0 radical (unpaired) electrons. The molecule has 2 atom stereocenters. The molecule has 7 heteroatoms. The summed E-state index contributed by atoms with van der Waals surface area (Å²) in [7, 11) is 0. The summed E-state index contributed by atoms with van der Waals surface area (Å²) in [5.74, 6) is -0.898. The average Bonchev–Trinajstić information content (AvgIpc) is 3.09. The summed E-state index contributed by atoms with van der Waals surface area (Å²) in [4.78, 5) is 25.7. The molecular weight excluding hydrogens is 296 g/mol. The van der Waals surface area contributed by atoms with Gasteiger partial charge in [-0.3, -0.25) is 4.79 Å². The molecule has 120 valence electrons. The Balaban J connectivity index is 1.87. The van der Waals surface area contributed by atoms with Gasteiger partial charge in [-0.05, 0) is 37.0 Å². The van der Waals surface area contributed by atoms with Crippen LogP contribution in [0.25, 0.3) is 5.69 Å². The Hall–Kier alpha value is -2.70. The van der Waals surface area contributed by atoms with E-state index in [1.807, 2.05) is 13.0 Å². The van der Waals surface area contributed by atoms with E-state index in [-0.39, 0.29) is 5.91 Å². The Labute approximate surface area is 133 Å². The molecule has 1 aliphatic rings. The zero-order valence-corrected chi connectivity index (χ0v) is 12.8. The number of carbonyl (C=O) groups is 2. The van der Waals surface area contributed by atoms with Gasteiger partial charge < -0.3 is 10.0 Å². The fourth-order valence-corrected chi connectivity index (χ4v) is 2.91. The maximum absolute atomic E-state index is 12.8. The van der Waals surface area contributed by atoms with Crippen LogP contribution >= 0.6 is 0 Å². The van der Waals surface area contributed by atoms with Gasteiger partial charge in [0.2, 0.25) is 0 Å². The van der Waals surface area contributed by atoms with Crippen LogP contribution in [-0.2, 0) is 4.79 Å². The van der Waals surface area contributed by atoms with Gasteiger partial charge in [-0.2, -0.15) is 0 Å². The molecule has 1 amide bonds. The van der Waals surface area contributed by atoms with E-state index in [4.69, 9.17) is 0 Å². The van der Waals surface area contributed by atoms with Gasteiger partial charge in [-0.25, -0.2) is 9.48 Å². The summed E-state index contributed by atoms with van der Waals surface area (Å²) >= 11 is 0. The van der Waals surface area contributed by atoms with E-state index < -0.39 is 12.0 Å². The molecule has 2 aromatic rings. The van der Waals surface area contributed by atoms with Gasteiger partial charge in [0.25, 0.3) is 5.91 Å². The highest BCUT2D eigenvalue weighted by molar-refractivity contribution is 5.97. The standard InChI is InChI=1S/C16H18N4O3/c1-11-5-7-19(14(9-11)16(22)23)15(21)12-3-2-4-13(10-12)20-8-6-17-18-20/h2-4,6,8,10-11,14H,5,7,9H2,1H3,(H,22,23). The van der Waals surface area contributed by atoms with Crippen molar-refractivity contribution in [3.8, 4) is 5.69 Å². The maximum Gasteiger partial charge on any atom is 0.326 e. The second-order valence-electron chi connectivity index (χ2n) is 5.88. The highest BCUT2D eigenvalue weighted by Gasteiger charge is 2.35. The third-order valence-electron chi connectivity index (χ3n) is 4.19. The van der Waals surface area contributed by atoms with Crippen molar-refractivity contribution in [3.05, 3.63) is 42.2 Å². The second-order valence-corrected chi connectivity index (χ2v) is 5.88. The smallest absolute Gasteiger partial charge is 0.326 e. The first-order valence-electron chi connectivity index (χ1n) is 7.57. The number of hydrogen-bond donors (Lipinski definition) is 1. The summed E-state index contributed by atoms with van der Waals surface area (Å²) in [6.45, 7) is 2.48. The van der Waals surface area contributed by atoms with E-state index in [1.165, 1.54) is 4.90 Å². The number of likely N-dealkylation sites (tertiary alicyclic amines) is 1. The lowest BCUT2D eigenvalue weighted by Crippen LogP contribution is -2.49. The van der Waals surface area contributed by atoms with Gasteiger partial charge in [0, 0.05) is 12.1 Å². The average molecular weight is 314 g/mol. The molecule has 2 unspecified atom stereocenters. The Morgan fingerprint density at radius 2 is 2.17 bits per heavy atom. The zero-order chi connectivity index (χ0) is 16.4. The molecule has 1 saturated heterocycles. The van der Waals surface area contributed by atoms with Crippen molar-refractivity contribution in [1.29, 1.82) is 0 Å². The lowest BCUT2D eigenvalue weighted by Gasteiger charge is -2.36. The molecule has 1 aromatic carbocycles. The van der Waals surface area contributed by atoms with Gasteiger partial charge in [-0.1, -0.05) is 18.2 Å². The Kier molecular flexibility index (Phi) is 4.10. The quantitative estimate of drug-likeness (QED) is 0.929. The first-order chi connectivity index (χ1) is 11.1. The predicted octanol–water partition coefficient (Wildman–Crippen LogP) is 1.59. The van der Waals surface area contributed by atoms with Gasteiger partial charge >= 0.3 is 5.97 Å². The summed E-state index contributed by atoms with van der Waals surface area (Å²) < 4.78 is 1.56. The third kappa shape index (κ3) is 3.08. The summed E-state index contributed by atoms with van der Waals surface area (Å²) in [5.41, 5.74) is 1.17. The number of carbonyl (C=O) groups excluding carboxylic acids is 1. The maximum atomic E-state index is 12.8. The van der Waals surface area contributed by atoms with Crippen LogP contribution in [-0.4, -0.2) is 49.5 Å². The molecule has 23 heavy (non-hydrogen) atoms. The molecule has 2 heterocycles. The number of nitrogens with zero attached hydrogens (tertiary/aromatic N) is 4. The first kappa shape index (κ1) is 15.2. The number of carboxylic acids is 1. The van der Waals surface area contributed by atoms with E-state index in [2.05, 4.69) is 10.3 Å². The molecule has 3 rings (SSSR count). The SMILES string of the molecule is CC1CCN(C(=O)c2cccc(-n3ccnn3)c2)C(C(=O)O)C1. The Bertz CT molecular complexity index is 714. The molecule has 1 N–H and O–H groups in total. The van der Waals surface area contributed by atoms with Crippen molar-refractivity contribution >= 4 is 11.9 Å². The monoisotopic (exact) mass is 314 g/mol. The number of piperidine rings is 1. The number of rotatable bonds is 3. The van der Waals surface area contributed by atoms with Crippen LogP contribution in [0.4, 0.5) is 0 Å². The number of amides is 1. The molecule has 1 fully saturated rings. The number of aromatic nitrogens is 3. The van der Waals surface area contributed by atoms with Crippen LogP contribution < -0.4 is 0 Å². The molecular formula is C16H18N4O3. The third-order valence-corrected chi connectivity index (χ3v) is 4.19. The van der Waals surface area contributed by atoms with Crippen molar-refractivity contribution in [3.63, 3.8) is 0 Å². The van der Waals surface area contributed by atoms with Crippen LogP contribution in [0.15, 0.2) is 36.7 Å². The number of carboxylic acid groups (broad SMARTS) is 1. The normalized spacial score (nSPS) is 21.2.